The molecule has 2 atom stereocenters. The van der Waals surface area contributed by atoms with Crippen LogP contribution in [0.4, 0.5) is 0 Å². The summed E-state index contributed by atoms with van der Waals surface area (Å²) in [5.41, 5.74) is 12.0. The fourth-order valence-corrected chi connectivity index (χ4v) is 3.28. The van der Waals surface area contributed by atoms with E-state index in [-0.39, 0.29) is 6.04 Å². The fourth-order valence-electron chi connectivity index (χ4n) is 1.67. The Morgan fingerprint density at radius 1 is 1.47 bits per heavy atom. The van der Waals surface area contributed by atoms with E-state index >= 15 is 0 Å². The van der Waals surface area contributed by atoms with Crippen molar-refractivity contribution in [3.63, 3.8) is 0 Å². The van der Waals surface area contributed by atoms with E-state index in [4.69, 9.17) is 11.5 Å². The van der Waals surface area contributed by atoms with Crippen LogP contribution < -0.4 is 11.5 Å². The highest BCUT2D eigenvalue weighted by Crippen LogP contribution is 2.30. The summed E-state index contributed by atoms with van der Waals surface area (Å²) < 4.78 is 1.15. The smallest absolute Gasteiger partial charge is 0.0701 e. The van der Waals surface area contributed by atoms with Crippen LogP contribution in [0.1, 0.15) is 37.0 Å². The average molecular weight is 291 g/mol. The molecule has 15 heavy (non-hydrogen) atoms. The first-order chi connectivity index (χ1) is 7.19. The normalized spacial score (nSPS) is 15.2. The highest BCUT2D eigenvalue weighted by molar-refractivity contribution is 9.11. The van der Waals surface area contributed by atoms with E-state index in [2.05, 4.69) is 35.0 Å². The minimum atomic E-state index is 0.195. The molecule has 0 bridgehead atoms. The van der Waals surface area contributed by atoms with E-state index in [1.165, 1.54) is 17.7 Å². The van der Waals surface area contributed by atoms with Crippen molar-refractivity contribution in [1.82, 2.24) is 0 Å². The van der Waals surface area contributed by atoms with Crippen LogP contribution in [-0.4, -0.2) is 12.6 Å². The van der Waals surface area contributed by atoms with Crippen LogP contribution in [0, 0.1) is 0 Å². The minimum absolute atomic E-state index is 0.195. The van der Waals surface area contributed by atoms with E-state index in [1.54, 1.807) is 11.3 Å². The topological polar surface area (TPSA) is 52.0 Å². The summed E-state index contributed by atoms with van der Waals surface area (Å²) in [6.07, 6.45) is 3.44. The molecule has 0 saturated heterocycles. The molecule has 86 valence electrons. The van der Waals surface area contributed by atoms with Crippen molar-refractivity contribution < 1.29 is 0 Å². The molecule has 0 aromatic carbocycles. The van der Waals surface area contributed by atoms with Gasteiger partial charge in [-0.1, -0.05) is 19.8 Å². The summed E-state index contributed by atoms with van der Waals surface area (Å²) in [6.45, 7) is 2.82. The predicted molar refractivity (Wildman–Crippen MR) is 71.3 cm³/mol. The first kappa shape index (κ1) is 13.2. The zero-order chi connectivity index (χ0) is 11.3. The Morgan fingerprint density at radius 2 is 2.20 bits per heavy atom. The van der Waals surface area contributed by atoms with Crippen molar-refractivity contribution in [2.45, 2.75) is 38.1 Å². The van der Waals surface area contributed by atoms with Crippen LogP contribution in [0.5, 0.6) is 0 Å². The monoisotopic (exact) mass is 290 g/mol. The van der Waals surface area contributed by atoms with Gasteiger partial charge in [0.05, 0.1) is 3.79 Å². The van der Waals surface area contributed by atoms with E-state index in [0.717, 1.165) is 10.2 Å². The highest BCUT2D eigenvalue weighted by atomic mass is 79.9. The quantitative estimate of drug-likeness (QED) is 0.846. The molecule has 1 aromatic heterocycles. The van der Waals surface area contributed by atoms with Crippen LogP contribution >= 0.6 is 27.3 Å². The number of rotatable bonds is 6. The molecule has 0 aliphatic rings. The molecular formula is C11H19BrN2S. The molecule has 0 saturated carbocycles. The number of hydrogen-bond acceptors (Lipinski definition) is 3. The first-order valence-electron chi connectivity index (χ1n) is 5.40. The summed E-state index contributed by atoms with van der Waals surface area (Å²) in [4.78, 5) is 1.30. The van der Waals surface area contributed by atoms with Crippen LogP contribution in [0.3, 0.4) is 0 Å². The minimum Gasteiger partial charge on any atom is -0.330 e. The predicted octanol–water partition coefficient (Wildman–Crippen LogP) is 3.07. The molecule has 4 N–H and O–H groups in total. The molecular weight excluding hydrogens is 272 g/mol. The summed E-state index contributed by atoms with van der Waals surface area (Å²) in [6, 6.07) is 4.38. The van der Waals surface area contributed by atoms with Crippen LogP contribution in [-0.2, 0) is 0 Å². The van der Waals surface area contributed by atoms with Gasteiger partial charge in [-0.2, -0.15) is 0 Å². The zero-order valence-electron chi connectivity index (χ0n) is 9.08. The van der Waals surface area contributed by atoms with E-state index < -0.39 is 0 Å². The number of nitrogens with two attached hydrogens (primary N) is 2. The Hall–Kier alpha value is 0.1000. The summed E-state index contributed by atoms with van der Waals surface area (Å²) >= 11 is 5.21. The lowest BCUT2D eigenvalue weighted by Gasteiger charge is -2.21. The summed E-state index contributed by atoms with van der Waals surface area (Å²) in [7, 11) is 0. The summed E-state index contributed by atoms with van der Waals surface area (Å²) in [5.74, 6) is 0.313. The Bertz CT molecular complexity index is 288. The third-order valence-electron chi connectivity index (χ3n) is 2.62. The van der Waals surface area contributed by atoms with Gasteiger partial charge in [0.15, 0.2) is 0 Å². The molecule has 0 spiro atoms. The number of halogens is 1. The van der Waals surface area contributed by atoms with Gasteiger partial charge in [-0.25, -0.2) is 0 Å². The standard InChI is InChI=1S/C11H19BrN2S/c1-2-3-4-9(14)8(7-13)10-5-6-11(12)15-10/h5-6,8-9H,2-4,7,13-14H2,1H3. The lowest BCUT2D eigenvalue weighted by Crippen LogP contribution is -2.32. The van der Waals surface area contributed by atoms with Gasteiger partial charge in [-0.05, 0) is 34.5 Å². The highest BCUT2D eigenvalue weighted by Gasteiger charge is 2.19. The SMILES string of the molecule is CCCCC(N)C(CN)c1ccc(Br)s1. The molecule has 2 unspecified atom stereocenters. The number of thiophene rings is 1. The van der Waals surface area contributed by atoms with Crippen molar-refractivity contribution in [1.29, 1.82) is 0 Å². The van der Waals surface area contributed by atoms with E-state index in [0.29, 0.717) is 12.5 Å². The molecule has 0 amide bonds. The molecule has 0 radical (unpaired) electrons. The lowest BCUT2D eigenvalue weighted by molar-refractivity contribution is 0.492. The maximum Gasteiger partial charge on any atom is 0.0701 e. The largest absolute Gasteiger partial charge is 0.330 e. The molecule has 4 heteroatoms. The van der Waals surface area contributed by atoms with E-state index in [1.807, 2.05) is 0 Å². The maximum absolute atomic E-state index is 6.17. The van der Waals surface area contributed by atoms with Gasteiger partial charge >= 0.3 is 0 Å². The van der Waals surface area contributed by atoms with Gasteiger partial charge in [0.1, 0.15) is 0 Å². The maximum atomic E-state index is 6.17. The van der Waals surface area contributed by atoms with Gasteiger partial charge in [0.2, 0.25) is 0 Å². The van der Waals surface area contributed by atoms with Crippen molar-refractivity contribution in [3.8, 4) is 0 Å². The van der Waals surface area contributed by atoms with Gasteiger partial charge in [-0.3, -0.25) is 0 Å². The molecule has 1 rings (SSSR count). The molecule has 0 fully saturated rings. The Kier molecular flexibility index (Phi) is 5.82. The van der Waals surface area contributed by atoms with Crippen molar-refractivity contribution in [3.05, 3.63) is 20.8 Å². The van der Waals surface area contributed by atoms with Crippen LogP contribution in [0.25, 0.3) is 0 Å². The Morgan fingerprint density at radius 3 is 2.67 bits per heavy atom. The summed E-state index contributed by atoms with van der Waals surface area (Å²) in [5, 5.41) is 0. The molecule has 1 heterocycles. The van der Waals surface area contributed by atoms with Gasteiger partial charge in [-0.15, -0.1) is 11.3 Å². The molecule has 0 aliphatic carbocycles. The average Bonchev–Trinajstić information content (AvgIpc) is 2.63. The van der Waals surface area contributed by atoms with Crippen molar-refractivity contribution in [2.24, 2.45) is 11.5 Å². The fraction of sp³-hybridized carbons (Fsp3) is 0.636. The molecule has 1 aromatic rings. The Labute approximate surface area is 104 Å². The van der Waals surface area contributed by atoms with Crippen molar-refractivity contribution in [2.75, 3.05) is 6.54 Å². The second-order valence-electron chi connectivity index (χ2n) is 3.79. The van der Waals surface area contributed by atoms with Crippen molar-refractivity contribution >= 4 is 27.3 Å². The van der Waals surface area contributed by atoms with Gasteiger partial charge < -0.3 is 11.5 Å². The second kappa shape index (κ2) is 6.63. The first-order valence-corrected chi connectivity index (χ1v) is 7.00. The van der Waals surface area contributed by atoms with Crippen LogP contribution in [0.15, 0.2) is 15.9 Å². The van der Waals surface area contributed by atoms with E-state index in [9.17, 15) is 0 Å². The lowest BCUT2D eigenvalue weighted by atomic mass is 9.94. The number of hydrogen-bond donors (Lipinski definition) is 2. The third kappa shape index (κ3) is 3.87. The zero-order valence-corrected chi connectivity index (χ0v) is 11.5. The second-order valence-corrected chi connectivity index (χ2v) is 6.28. The molecule has 0 aliphatic heterocycles. The van der Waals surface area contributed by atoms with Gasteiger partial charge in [0.25, 0.3) is 0 Å². The molecule has 2 nitrogen and oxygen atoms in total. The van der Waals surface area contributed by atoms with Crippen LogP contribution in [0.2, 0.25) is 0 Å². The third-order valence-corrected chi connectivity index (χ3v) is 4.38. The van der Waals surface area contributed by atoms with Gasteiger partial charge in [0, 0.05) is 23.4 Å². The Balaban J connectivity index is 2.62. The number of unbranched alkanes of at least 4 members (excludes halogenated alkanes) is 1.